The number of hydrogen-bond donors (Lipinski definition) is 0. The fourth-order valence-electron chi connectivity index (χ4n) is 0.424. The molecule has 0 aromatic rings. The highest BCUT2D eigenvalue weighted by atomic mass is 32.2. The molecule has 0 N–H and O–H groups in total. The van der Waals surface area contributed by atoms with Gasteiger partial charge in [-0.05, 0) is 0 Å². The summed E-state index contributed by atoms with van der Waals surface area (Å²) in [6.07, 6.45) is 1.29. The molecule has 1 atom stereocenters. The van der Waals surface area contributed by atoms with Gasteiger partial charge in [-0.2, -0.15) is 0 Å². The summed E-state index contributed by atoms with van der Waals surface area (Å²) in [6.45, 7) is 0. The van der Waals surface area contributed by atoms with Gasteiger partial charge in [-0.1, -0.05) is 0 Å². The molecule has 0 aromatic carbocycles. The van der Waals surface area contributed by atoms with Gasteiger partial charge in [0.2, 0.25) is 0 Å². The van der Waals surface area contributed by atoms with Crippen LogP contribution in [0.2, 0.25) is 0 Å². The quantitative estimate of drug-likeness (QED) is 0.531. The van der Waals surface area contributed by atoms with E-state index in [0.29, 0.717) is 5.75 Å². The van der Waals surface area contributed by atoms with Gasteiger partial charge in [-0.15, -0.1) is 0 Å². The van der Waals surface area contributed by atoms with Crippen LogP contribution in [0.15, 0.2) is 0 Å². The van der Waals surface area contributed by atoms with E-state index in [1.54, 1.807) is 6.26 Å². The molecule has 0 saturated heterocycles. The third-order valence-electron chi connectivity index (χ3n) is 0.897. The molecule has 0 saturated carbocycles. The first-order valence-electron chi connectivity index (χ1n) is 2.56. The summed E-state index contributed by atoms with van der Waals surface area (Å²) in [7, 11) is 2.21. The van der Waals surface area contributed by atoms with E-state index in [0.717, 1.165) is 0 Å². The summed E-state index contributed by atoms with van der Waals surface area (Å²) < 4.78 is 20.1. The van der Waals surface area contributed by atoms with Crippen LogP contribution in [0.5, 0.6) is 0 Å². The Bertz CT molecular complexity index is 90.2. The first kappa shape index (κ1) is 9.07. The molecule has 56 valence electrons. The van der Waals surface area contributed by atoms with Gasteiger partial charge in [0.15, 0.2) is 6.29 Å². The van der Waals surface area contributed by atoms with Gasteiger partial charge in [0.05, 0.1) is 5.75 Å². The predicted octanol–water partition coefficient (Wildman–Crippen LogP) is -0.0162. The van der Waals surface area contributed by atoms with Gasteiger partial charge in [0.25, 0.3) is 0 Å². The second kappa shape index (κ2) is 4.90. The van der Waals surface area contributed by atoms with Crippen molar-refractivity contribution in [1.82, 2.24) is 0 Å². The molecule has 0 heterocycles. The summed E-state index contributed by atoms with van der Waals surface area (Å²) in [5, 5.41) is 0. The van der Waals surface area contributed by atoms with Crippen molar-refractivity contribution in [2.45, 2.75) is 6.29 Å². The molecule has 3 nitrogen and oxygen atoms in total. The van der Waals surface area contributed by atoms with Crippen molar-refractivity contribution in [1.29, 1.82) is 0 Å². The Kier molecular flexibility index (Phi) is 4.94. The van der Waals surface area contributed by atoms with E-state index in [2.05, 4.69) is 0 Å². The predicted molar refractivity (Wildman–Crippen MR) is 36.7 cm³/mol. The van der Waals surface area contributed by atoms with E-state index in [1.165, 1.54) is 14.2 Å². The summed E-state index contributed by atoms with van der Waals surface area (Å²) in [5.41, 5.74) is 0. The average molecular weight is 152 g/mol. The Balaban J connectivity index is 3.43. The molecule has 0 amide bonds. The standard InChI is InChI=1S/C5H12O3S/c1-7-5(8-2)4-9(3)6/h5H,4H2,1-3H3. The lowest BCUT2D eigenvalue weighted by Gasteiger charge is -2.10. The van der Waals surface area contributed by atoms with E-state index >= 15 is 0 Å². The normalized spacial score (nSPS) is 14.2. The molecule has 9 heavy (non-hydrogen) atoms. The van der Waals surface area contributed by atoms with Crippen LogP contribution >= 0.6 is 0 Å². The molecule has 0 aromatic heterocycles. The van der Waals surface area contributed by atoms with Crippen molar-refractivity contribution < 1.29 is 13.7 Å². The third-order valence-corrected chi connectivity index (χ3v) is 1.64. The van der Waals surface area contributed by atoms with Crippen LogP contribution in [0.4, 0.5) is 0 Å². The summed E-state index contributed by atoms with van der Waals surface area (Å²) in [6, 6.07) is 0. The van der Waals surface area contributed by atoms with Crippen molar-refractivity contribution in [3.05, 3.63) is 0 Å². The SMILES string of the molecule is COC(CS(C)=O)OC. The van der Waals surface area contributed by atoms with Crippen LogP contribution in [0.1, 0.15) is 0 Å². The molecular formula is C5H12O3S. The van der Waals surface area contributed by atoms with Gasteiger partial charge < -0.3 is 9.47 Å². The Labute approximate surface area is 57.8 Å². The van der Waals surface area contributed by atoms with Crippen molar-refractivity contribution in [3.8, 4) is 0 Å². The van der Waals surface area contributed by atoms with E-state index in [1.807, 2.05) is 0 Å². The minimum Gasteiger partial charge on any atom is -0.355 e. The molecule has 0 aliphatic heterocycles. The monoisotopic (exact) mass is 152 g/mol. The number of methoxy groups -OCH3 is 2. The summed E-state index contributed by atoms with van der Waals surface area (Å²) >= 11 is 0. The number of ether oxygens (including phenoxy) is 2. The molecule has 0 aliphatic rings. The second-order valence-corrected chi connectivity index (χ2v) is 3.12. The van der Waals surface area contributed by atoms with Gasteiger partial charge in [0.1, 0.15) is 0 Å². The molecular weight excluding hydrogens is 140 g/mol. The molecule has 0 spiro atoms. The zero-order valence-corrected chi connectivity index (χ0v) is 6.73. The molecule has 0 aliphatic carbocycles. The molecule has 0 rings (SSSR count). The Morgan fingerprint density at radius 3 is 2.00 bits per heavy atom. The van der Waals surface area contributed by atoms with Crippen molar-refractivity contribution >= 4 is 10.8 Å². The fraction of sp³-hybridized carbons (Fsp3) is 1.00. The third kappa shape index (κ3) is 4.57. The highest BCUT2D eigenvalue weighted by Gasteiger charge is 2.05. The van der Waals surface area contributed by atoms with Crippen LogP contribution in [-0.4, -0.2) is 36.7 Å². The van der Waals surface area contributed by atoms with E-state index in [9.17, 15) is 4.21 Å². The minimum absolute atomic E-state index is 0.323. The highest BCUT2D eigenvalue weighted by Crippen LogP contribution is 1.91. The van der Waals surface area contributed by atoms with Gasteiger partial charge >= 0.3 is 0 Å². The van der Waals surface area contributed by atoms with Crippen LogP contribution in [0.3, 0.4) is 0 Å². The first-order chi connectivity index (χ1) is 4.20. The zero-order chi connectivity index (χ0) is 7.28. The fourth-order valence-corrected chi connectivity index (χ4v) is 1.08. The van der Waals surface area contributed by atoms with Gasteiger partial charge in [-0.25, -0.2) is 0 Å². The molecule has 0 fully saturated rings. The molecule has 0 radical (unpaired) electrons. The van der Waals surface area contributed by atoms with E-state index in [-0.39, 0.29) is 6.29 Å². The second-order valence-electron chi connectivity index (χ2n) is 1.64. The Morgan fingerprint density at radius 2 is 1.89 bits per heavy atom. The van der Waals surface area contributed by atoms with Crippen LogP contribution in [-0.2, 0) is 20.3 Å². The van der Waals surface area contributed by atoms with Gasteiger partial charge in [-0.3, -0.25) is 4.21 Å². The van der Waals surface area contributed by atoms with Gasteiger partial charge in [0, 0.05) is 31.3 Å². The first-order valence-corrected chi connectivity index (χ1v) is 4.29. The lowest BCUT2D eigenvalue weighted by molar-refractivity contribution is -0.0846. The van der Waals surface area contributed by atoms with Crippen molar-refractivity contribution in [2.75, 3.05) is 26.2 Å². The van der Waals surface area contributed by atoms with Crippen LogP contribution < -0.4 is 0 Å². The highest BCUT2D eigenvalue weighted by molar-refractivity contribution is 7.84. The lowest BCUT2D eigenvalue weighted by Crippen LogP contribution is -2.20. The number of hydrogen-bond acceptors (Lipinski definition) is 3. The maximum Gasteiger partial charge on any atom is 0.168 e. The topological polar surface area (TPSA) is 35.5 Å². The molecule has 0 bridgehead atoms. The zero-order valence-electron chi connectivity index (χ0n) is 5.92. The minimum atomic E-state index is -0.845. The average Bonchev–Trinajstić information content (AvgIpc) is 1.82. The lowest BCUT2D eigenvalue weighted by atomic mass is 10.7. The Hall–Kier alpha value is 0.0700. The van der Waals surface area contributed by atoms with Crippen molar-refractivity contribution in [3.63, 3.8) is 0 Å². The molecule has 4 heteroatoms. The van der Waals surface area contributed by atoms with Crippen LogP contribution in [0, 0.1) is 0 Å². The summed E-state index contributed by atoms with van der Waals surface area (Å²) in [4.78, 5) is 0. The Morgan fingerprint density at radius 1 is 1.44 bits per heavy atom. The van der Waals surface area contributed by atoms with Crippen LogP contribution in [0.25, 0.3) is 0 Å². The van der Waals surface area contributed by atoms with E-state index in [4.69, 9.17) is 9.47 Å². The molecule has 1 unspecified atom stereocenters. The van der Waals surface area contributed by atoms with E-state index < -0.39 is 10.8 Å². The maximum atomic E-state index is 10.5. The summed E-state index contributed by atoms with van der Waals surface area (Å²) in [5.74, 6) is 0.438. The largest absolute Gasteiger partial charge is 0.355 e. The van der Waals surface area contributed by atoms with Crippen molar-refractivity contribution in [2.24, 2.45) is 0 Å². The smallest absolute Gasteiger partial charge is 0.168 e. The number of rotatable bonds is 4. The maximum absolute atomic E-state index is 10.5.